The SMILES string of the molecule is CCCCCCCCCCCCCCC(O)C(O)C(COC1OC(CO)C(O)C(O)C1O)NC(=O)CCCCCCC. The molecule has 1 heterocycles. The van der Waals surface area contributed by atoms with Gasteiger partial charge in [0.2, 0.25) is 5.91 Å². The van der Waals surface area contributed by atoms with Crippen molar-refractivity contribution in [3.8, 4) is 0 Å². The molecule has 0 spiro atoms. The zero-order valence-electron chi connectivity index (χ0n) is 26.4. The van der Waals surface area contributed by atoms with Gasteiger partial charge in [0, 0.05) is 6.42 Å². The maximum Gasteiger partial charge on any atom is 0.220 e. The van der Waals surface area contributed by atoms with E-state index in [0.717, 1.165) is 51.4 Å². The van der Waals surface area contributed by atoms with Gasteiger partial charge in [0.25, 0.3) is 0 Å². The van der Waals surface area contributed by atoms with Crippen LogP contribution in [0.4, 0.5) is 0 Å². The van der Waals surface area contributed by atoms with Gasteiger partial charge in [-0.3, -0.25) is 4.79 Å². The minimum absolute atomic E-state index is 0.273. The predicted molar refractivity (Wildman–Crippen MR) is 163 cm³/mol. The molecule has 0 saturated carbocycles. The standard InChI is InChI=1S/C32H63NO9/c1-3-5-7-9-10-11-12-13-14-15-17-18-20-25(35)28(37)24(33-27(36)21-19-16-8-6-4-2)23-41-32-31(40)30(39)29(38)26(22-34)42-32/h24-26,28-32,34-35,37-40H,3-23H2,1-2H3,(H,33,36). The van der Waals surface area contributed by atoms with Crippen LogP contribution in [-0.2, 0) is 14.3 Å². The average molecular weight is 606 g/mol. The summed E-state index contributed by atoms with van der Waals surface area (Å²) >= 11 is 0. The van der Waals surface area contributed by atoms with Crippen molar-refractivity contribution in [2.24, 2.45) is 0 Å². The Kier molecular flexibility index (Phi) is 22.8. The van der Waals surface area contributed by atoms with E-state index in [9.17, 15) is 35.4 Å². The first-order valence-corrected chi connectivity index (χ1v) is 16.8. The van der Waals surface area contributed by atoms with E-state index in [-0.39, 0.29) is 18.9 Å². The molecule has 8 atom stereocenters. The van der Waals surface area contributed by atoms with Crippen molar-refractivity contribution < 1.29 is 44.9 Å². The highest BCUT2D eigenvalue weighted by molar-refractivity contribution is 5.76. The van der Waals surface area contributed by atoms with Crippen LogP contribution >= 0.6 is 0 Å². The summed E-state index contributed by atoms with van der Waals surface area (Å²) in [6.45, 7) is 3.45. The van der Waals surface area contributed by atoms with E-state index >= 15 is 0 Å². The minimum Gasteiger partial charge on any atom is -0.394 e. The summed E-state index contributed by atoms with van der Waals surface area (Å²) in [6, 6.07) is -0.979. The fourth-order valence-corrected chi connectivity index (χ4v) is 5.43. The number of rotatable bonds is 26. The lowest BCUT2D eigenvalue weighted by atomic mass is 9.98. The van der Waals surface area contributed by atoms with E-state index in [0.29, 0.717) is 12.8 Å². The summed E-state index contributed by atoms with van der Waals surface area (Å²) in [4.78, 5) is 12.6. The number of hydrogen-bond acceptors (Lipinski definition) is 9. The predicted octanol–water partition coefficient (Wildman–Crippen LogP) is 3.46. The highest BCUT2D eigenvalue weighted by Crippen LogP contribution is 2.23. The van der Waals surface area contributed by atoms with Crippen LogP contribution in [0.5, 0.6) is 0 Å². The molecule has 0 aliphatic carbocycles. The van der Waals surface area contributed by atoms with Crippen molar-refractivity contribution in [1.29, 1.82) is 0 Å². The Morgan fingerprint density at radius 3 is 1.76 bits per heavy atom. The zero-order chi connectivity index (χ0) is 31.2. The topological polar surface area (TPSA) is 169 Å². The largest absolute Gasteiger partial charge is 0.394 e. The summed E-state index contributed by atoms with van der Waals surface area (Å²) in [5, 5.41) is 64.2. The molecule has 0 aromatic carbocycles. The van der Waals surface area contributed by atoms with Gasteiger partial charge in [-0.25, -0.2) is 0 Å². The normalized spacial score (nSPS) is 24.8. The molecule has 0 aromatic heterocycles. The van der Waals surface area contributed by atoms with Crippen molar-refractivity contribution in [3.05, 3.63) is 0 Å². The van der Waals surface area contributed by atoms with E-state index < -0.39 is 55.6 Å². The van der Waals surface area contributed by atoms with Crippen molar-refractivity contribution >= 4 is 5.91 Å². The molecule has 1 rings (SSSR count). The lowest BCUT2D eigenvalue weighted by Gasteiger charge is -2.40. The van der Waals surface area contributed by atoms with Crippen LogP contribution in [0.2, 0.25) is 0 Å². The molecular weight excluding hydrogens is 542 g/mol. The van der Waals surface area contributed by atoms with E-state index in [1.54, 1.807) is 0 Å². The van der Waals surface area contributed by atoms with Gasteiger partial charge in [-0.1, -0.05) is 117 Å². The molecule has 250 valence electrons. The first-order chi connectivity index (χ1) is 20.3. The van der Waals surface area contributed by atoms with Crippen molar-refractivity contribution in [2.45, 2.75) is 185 Å². The van der Waals surface area contributed by atoms with Crippen LogP contribution in [0.1, 0.15) is 136 Å². The first kappa shape index (κ1) is 39.2. The maximum absolute atomic E-state index is 12.6. The number of aliphatic hydroxyl groups is 6. The van der Waals surface area contributed by atoms with Crippen LogP contribution in [0.3, 0.4) is 0 Å². The third-order valence-electron chi connectivity index (χ3n) is 8.30. The first-order valence-electron chi connectivity index (χ1n) is 16.8. The fourth-order valence-electron chi connectivity index (χ4n) is 5.43. The van der Waals surface area contributed by atoms with Gasteiger partial charge in [-0.15, -0.1) is 0 Å². The number of carbonyl (C=O) groups excluding carboxylic acids is 1. The molecule has 1 amide bonds. The maximum atomic E-state index is 12.6. The second-order valence-corrected chi connectivity index (χ2v) is 12.1. The van der Waals surface area contributed by atoms with E-state index in [4.69, 9.17) is 9.47 Å². The Balaban J connectivity index is 2.52. The Morgan fingerprint density at radius 1 is 0.738 bits per heavy atom. The lowest BCUT2D eigenvalue weighted by molar-refractivity contribution is -0.303. The van der Waals surface area contributed by atoms with Crippen molar-refractivity contribution in [1.82, 2.24) is 5.32 Å². The van der Waals surface area contributed by atoms with Crippen LogP contribution in [0, 0.1) is 0 Å². The molecular formula is C32H63NO9. The number of nitrogens with one attached hydrogen (secondary N) is 1. The fraction of sp³-hybridized carbons (Fsp3) is 0.969. The molecule has 0 aromatic rings. The summed E-state index contributed by atoms with van der Waals surface area (Å²) in [5.41, 5.74) is 0. The van der Waals surface area contributed by atoms with Gasteiger partial charge in [0.05, 0.1) is 25.4 Å². The molecule has 0 radical (unpaired) electrons. The van der Waals surface area contributed by atoms with Crippen LogP contribution in [0.15, 0.2) is 0 Å². The number of ether oxygens (including phenoxy) is 2. The van der Waals surface area contributed by atoms with Crippen molar-refractivity contribution in [3.63, 3.8) is 0 Å². The van der Waals surface area contributed by atoms with Gasteiger partial charge in [-0.05, 0) is 12.8 Å². The molecule has 1 saturated heterocycles. The average Bonchev–Trinajstić information content (AvgIpc) is 2.98. The highest BCUT2D eigenvalue weighted by Gasteiger charge is 2.44. The van der Waals surface area contributed by atoms with Crippen LogP contribution in [-0.4, -0.2) is 98.7 Å². The van der Waals surface area contributed by atoms with Gasteiger partial charge in [-0.2, -0.15) is 0 Å². The number of unbranched alkanes of at least 4 members (excludes halogenated alkanes) is 15. The molecule has 8 unspecified atom stereocenters. The van der Waals surface area contributed by atoms with Gasteiger partial charge in [0.1, 0.15) is 30.5 Å². The van der Waals surface area contributed by atoms with Gasteiger partial charge in [0.15, 0.2) is 6.29 Å². The summed E-state index contributed by atoms with van der Waals surface area (Å²) in [7, 11) is 0. The highest BCUT2D eigenvalue weighted by atomic mass is 16.7. The number of carbonyl (C=O) groups is 1. The third-order valence-corrected chi connectivity index (χ3v) is 8.30. The third kappa shape index (κ3) is 16.3. The second kappa shape index (κ2) is 24.5. The van der Waals surface area contributed by atoms with Crippen molar-refractivity contribution in [2.75, 3.05) is 13.2 Å². The lowest BCUT2D eigenvalue weighted by Crippen LogP contribution is -2.60. The Hall–Kier alpha value is -0.850. The molecule has 10 heteroatoms. The Morgan fingerprint density at radius 2 is 1.24 bits per heavy atom. The summed E-state index contributed by atoms with van der Waals surface area (Å²) in [5.74, 6) is -0.273. The second-order valence-electron chi connectivity index (χ2n) is 12.1. The zero-order valence-corrected chi connectivity index (χ0v) is 26.4. The quantitative estimate of drug-likeness (QED) is 0.0730. The molecule has 1 fully saturated rings. The number of hydrogen-bond donors (Lipinski definition) is 7. The van der Waals surface area contributed by atoms with E-state index in [1.807, 2.05) is 0 Å². The molecule has 7 N–H and O–H groups in total. The van der Waals surface area contributed by atoms with Gasteiger partial charge >= 0.3 is 0 Å². The summed E-state index contributed by atoms with van der Waals surface area (Å²) in [6.07, 6.45) is 10.3. The number of amides is 1. The molecule has 0 bridgehead atoms. The molecule has 42 heavy (non-hydrogen) atoms. The van der Waals surface area contributed by atoms with Crippen LogP contribution < -0.4 is 5.32 Å². The number of aliphatic hydroxyl groups excluding tert-OH is 6. The van der Waals surface area contributed by atoms with Crippen LogP contribution in [0.25, 0.3) is 0 Å². The molecule has 10 nitrogen and oxygen atoms in total. The van der Waals surface area contributed by atoms with E-state index in [1.165, 1.54) is 51.4 Å². The van der Waals surface area contributed by atoms with Gasteiger partial charge < -0.3 is 45.4 Å². The minimum atomic E-state index is -1.60. The Labute approximate surface area is 254 Å². The Bertz CT molecular complexity index is 653. The van der Waals surface area contributed by atoms with E-state index in [2.05, 4.69) is 19.2 Å². The smallest absolute Gasteiger partial charge is 0.220 e. The molecule has 1 aliphatic heterocycles. The summed E-state index contributed by atoms with van der Waals surface area (Å²) < 4.78 is 11.0. The molecule has 1 aliphatic rings. The monoisotopic (exact) mass is 605 g/mol.